The molecule has 0 aliphatic carbocycles. The molecule has 0 spiro atoms. The zero-order valence-corrected chi connectivity index (χ0v) is 9.21. The summed E-state index contributed by atoms with van der Waals surface area (Å²) in [6.07, 6.45) is 9.30. The summed E-state index contributed by atoms with van der Waals surface area (Å²) in [5.41, 5.74) is 7.99. The zero-order chi connectivity index (χ0) is 11.2. The second-order valence-electron chi connectivity index (χ2n) is 3.73. The van der Waals surface area contributed by atoms with E-state index >= 15 is 0 Å². The first-order valence-electron chi connectivity index (χ1n) is 5.48. The molecule has 2 N–H and O–H groups in total. The molecule has 84 valence electrons. The molecule has 2 rings (SSSR count). The Morgan fingerprint density at radius 2 is 2.12 bits per heavy atom. The van der Waals surface area contributed by atoms with Crippen LogP contribution in [-0.2, 0) is 19.4 Å². The van der Waals surface area contributed by atoms with Gasteiger partial charge in [0.25, 0.3) is 0 Å². The van der Waals surface area contributed by atoms with Crippen LogP contribution in [0.25, 0.3) is 0 Å². The highest BCUT2D eigenvalue weighted by atomic mass is 15.0. The van der Waals surface area contributed by atoms with Gasteiger partial charge in [-0.25, -0.2) is 4.98 Å². The molecule has 2 aromatic rings. The van der Waals surface area contributed by atoms with Gasteiger partial charge in [0.1, 0.15) is 0 Å². The van der Waals surface area contributed by atoms with E-state index in [1.807, 2.05) is 24.8 Å². The second-order valence-corrected chi connectivity index (χ2v) is 3.73. The minimum Gasteiger partial charge on any atom is -0.334 e. The minimum atomic E-state index is 0.665. The molecule has 0 atom stereocenters. The normalized spacial score (nSPS) is 10.6. The monoisotopic (exact) mass is 216 g/mol. The van der Waals surface area contributed by atoms with Crippen LogP contribution in [0.2, 0.25) is 0 Å². The van der Waals surface area contributed by atoms with Crippen molar-refractivity contribution in [2.24, 2.45) is 5.73 Å². The zero-order valence-electron chi connectivity index (χ0n) is 9.21. The maximum absolute atomic E-state index is 5.54. The van der Waals surface area contributed by atoms with Crippen LogP contribution >= 0.6 is 0 Å². The predicted octanol–water partition coefficient (Wildman–Crippen LogP) is 1.02. The minimum absolute atomic E-state index is 0.665. The first-order chi connectivity index (χ1) is 7.90. The fourth-order valence-corrected chi connectivity index (χ4v) is 1.70. The molecule has 0 unspecified atom stereocenters. The molecule has 0 aromatic carbocycles. The smallest absolute Gasteiger partial charge is 0.0948 e. The summed E-state index contributed by atoms with van der Waals surface area (Å²) >= 11 is 0. The number of aromatic nitrogens is 3. The Kier molecular flexibility index (Phi) is 3.66. The molecule has 0 bridgehead atoms. The van der Waals surface area contributed by atoms with Crippen LogP contribution in [0.5, 0.6) is 0 Å². The molecule has 2 heterocycles. The van der Waals surface area contributed by atoms with Crippen molar-refractivity contribution in [2.45, 2.75) is 19.4 Å². The number of nitrogens with zero attached hydrogens (tertiary/aromatic N) is 3. The molecule has 0 aliphatic rings. The van der Waals surface area contributed by atoms with Gasteiger partial charge in [-0.3, -0.25) is 4.98 Å². The maximum atomic E-state index is 5.54. The summed E-state index contributed by atoms with van der Waals surface area (Å²) in [4.78, 5) is 8.24. The van der Waals surface area contributed by atoms with Crippen LogP contribution in [0.3, 0.4) is 0 Å². The second kappa shape index (κ2) is 5.42. The standard InChI is InChI=1S/C12H16N4/c13-5-3-12-9-15-10-16(12)7-4-11-2-1-6-14-8-11/h1-2,6,8-10H,3-5,7,13H2. The van der Waals surface area contributed by atoms with E-state index in [0.29, 0.717) is 6.54 Å². The van der Waals surface area contributed by atoms with Gasteiger partial charge >= 0.3 is 0 Å². The summed E-state index contributed by atoms with van der Waals surface area (Å²) in [6, 6.07) is 4.05. The SMILES string of the molecule is NCCc1cncn1CCc1cccnc1. The summed E-state index contributed by atoms with van der Waals surface area (Å²) in [5.74, 6) is 0. The van der Waals surface area contributed by atoms with Crippen LogP contribution in [-0.4, -0.2) is 21.1 Å². The summed E-state index contributed by atoms with van der Waals surface area (Å²) in [6.45, 7) is 1.60. The van der Waals surface area contributed by atoms with E-state index in [1.165, 1.54) is 11.3 Å². The third-order valence-corrected chi connectivity index (χ3v) is 2.56. The molecule has 4 heteroatoms. The van der Waals surface area contributed by atoms with Crippen molar-refractivity contribution < 1.29 is 0 Å². The van der Waals surface area contributed by atoms with Gasteiger partial charge in [-0.2, -0.15) is 0 Å². The van der Waals surface area contributed by atoms with E-state index in [9.17, 15) is 0 Å². The highest BCUT2D eigenvalue weighted by Gasteiger charge is 2.01. The molecule has 2 aromatic heterocycles. The number of nitrogens with two attached hydrogens (primary N) is 1. The van der Waals surface area contributed by atoms with Crippen LogP contribution < -0.4 is 5.73 Å². The predicted molar refractivity (Wildman–Crippen MR) is 62.9 cm³/mol. The molecule has 0 saturated carbocycles. The first-order valence-corrected chi connectivity index (χ1v) is 5.48. The number of pyridine rings is 1. The van der Waals surface area contributed by atoms with Crippen molar-refractivity contribution in [1.82, 2.24) is 14.5 Å². The average molecular weight is 216 g/mol. The molecule has 0 saturated heterocycles. The van der Waals surface area contributed by atoms with Gasteiger partial charge < -0.3 is 10.3 Å². The lowest BCUT2D eigenvalue weighted by atomic mass is 10.2. The van der Waals surface area contributed by atoms with E-state index in [0.717, 1.165) is 19.4 Å². The van der Waals surface area contributed by atoms with Crippen LogP contribution in [0, 0.1) is 0 Å². The molecular weight excluding hydrogens is 200 g/mol. The molecule has 16 heavy (non-hydrogen) atoms. The lowest BCUT2D eigenvalue weighted by molar-refractivity contribution is 0.657. The van der Waals surface area contributed by atoms with Crippen LogP contribution in [0.15, 0.2) is 37.1 Å². The highest BCUT2D eigenvalue weighted by Crippen LogP contribution is 2.04. The van der Waals surface area contributed by atoms with Gasteiger partial charge in [0.05, 0.1) is 6.33 Å². The summed E-state index contributed by atoms with van der Waals surface area (Å²) in [5, 5.41) is 0. The van der Waals surface area contributed by atoms with Crippen molar-refractivity contribution in [3.05, 3.63) is 48.3 Å². The Bertz CT molecular complexity index is 422. The van der Waals surface area contributed by atoms with E-state index in [-0.39, 0.29) is 0 Å². The van der Waals surface area contributed by atoms with E-state index in [1.54, 1.807) is 6.20 Å². The largest absolute Gasteiger partial charge is 0.334 e. The molecular formula is C12H16N4. The van der Waals surface area contributed by atoms with Gasteiger partial charge in [0.15, 0.2) is 0 Å². The molecule has 0 fully saturated rings. The number of hydrogen-bond acceptors (Lipinski definition) is 3. The quantitative estimate of drug-likeness (QED) is 0.812. The maximum Gasteiger partial charge on any atom is 0.0948 e. The number of rotatable bonds is 5. The molecule has 0 radical (unpaired) electrons. The Balaban J connectivity index is 1.97. The van der Waals surface area contributed by atoms with E-state index < -0.39 is 0 Å². The summed E-state index contributed by atoms with van der Waals surface area (Å²) < 4.78 is 2.15. The van der Waals surface area contributed by atoms with Gasteiger partial charge in [0, 0.05) is 37.3 Å². The van der Waals surface area contributed by atoms with Gasteiger partial charge in [0.2, 0.25) is 0 Å². The number of hydrogen-bond donors (Lipinski definition) is 1. The Morgan fingerprint density at radius 1 is 1.19 bits per heavy atom. The van der Waals surface area contributed by atoms with Crippen LogP contribution in [0.1, 0.15) is 11.3 Å². The topological polar surface area (TPSA) is 56.7 Å². The van der Waals surface area contributed by atoms with Crippen molar-refractivity contribution in [1.29, 1.82) is 0 Å². The fourth-order valence-electron chi connectivity index (χ4n) is 1.70. The van der Waals surface area contributed by atoms with Gasteiger partial charge in [-0.15, -0.1) is 0 Å². The number of aryl methyl sites for hydroxylation is 2. The van der Waals surface area contributed by atoms with Crippen molar-refractivity contribution in [3.8, 4) is 0 Å². The Hall–Kier alpha value is -1.68. The van der Waals surface area contributed by atoms with E-state index in [4.69, 9.17) is 5.73 Å². The molecule has 0 amide bonds. The van der Waals surface area contributed by atoms with Gasteiger partial charge in [-0.1, -0.05) is 6.07 Å². The highest BCUT2D eigenvalue weighted by molar-refractivity contribution is 5.09. The Labute approximate surface area is 95.1 Å². The average Bonchev–Trinajstić information content (AvgIpc) is 2.76. The molecule has 4 nitrogen and oxygen atoms in total. The van der Waals surface area contributed by atoms with Crippen molar-refractivity contribution in [2.75, 3.05) is 6.54 Å². The van der Waals surface area contributed by atoms with Gasteiger partial charge in [-0.05, 0) is 24.6 Å². The Morgan fingerprint density at radius 3 is 2.88 bits per heavy atom. The van der Waals surface area contributed by atoms with E-state index in [2.05, 4.69) is 20.6 Å². The summed E-state index contributed by atoms with van der Waals surface area (Å²) in [7, 11) is 0. The third kappa shape index (κ3) is 2.67. The lowest BCUT2D eigenvalue weighted by Crippen LogP contribution is -2.09. The number of imidazole rings is 1. The lowest BCUT2D eigenvalue weighted by Gasteiger charge is -2.06. The van der Waals surface area contributed by atoms with Crippen LogP contribution in [0.4, 0.5) is 0 Å². The van der Waals surface area contributed by atoms with Crippen molar-refractivity contribution >= 4 is 0 Å². The third-order valence-electron chi connectivity index (χ3n) is 2.56. The van der Waals surface area contributed by atoms with Crippen molar-refractivity contribution in [3.63, 3.8) is 0 Å². The fraction of sp³-hybridized carbons (Fsp3) is 0.333. The molecule has 0 aliphatic heterocycles. The first kappa shape index (κ1) is 10.8.